The van der Waals surface area contributed by atoms with Gasteiger partial charge in [0.2, 0.25) is 0 Å². The summed E-state index contributed by atoms with van der Waals surface area (Å²) in [5, 5.41) is 9.46. The molecule has 0 heterocycles. The first-order valence-electron chi connectivity index (χ1n) is 5.06. The summed E-state index contributed by atoms with van der Waals surface area (Å²) in [6, 6.07) is 7.75. The third-order valence-electron chi connectivity index (χ3n) is 2.50. The number of aliphatic hydroxyl groups excluding tert-OH is 1. The molecule has 3 N–H and O–H groups in total. The SMILES string of the molecule is CC(C)c1ccccc1[C@H](N)[C@H](C)O. The maximum atomic E-state index is 9.46. The van der Waals surface area contributed by atoms with Gasteiger partial charge in [0.15, 0.2) is 0 Å². The molecule has 0 unspecified atom stereocenters. The maximum absolute atomic E-state index is 9.46. The maximum Gasteiger partial charge on any atom is 0.0704 e. The predicted molar refractivity (Wildman–Crippen MR) is 59.1 cm³/mol. The fraction of sp³-hybridized carbons (Fsp3) is 0.500. The molecule has 1 rings (SSSR count). The summed E-state index contributed by atoms with van der Waals surface area (Å²) in [5.41, 5.74) is 8.20. The second-order valence-electron chi connectivity index (χ2n) is 4.05. The fourth-order valence-electron chi connectivity index (χ4n) is 1.60. The molecule has 0 radical (unpaired) electrons. The largest absolute Gasteiger partial charge is 0.391 e. The van der Waals surface area contributed by atoms with Crippen LogP contribution >= 0.6 is 0 Å². The number of hydrogen-bond acceptors (Lipinski definition) is 2. The highest BCUT2D eigenvalue weighted by Gasteiger charge is 2.16. The van der Waals surface area contributed by atoms with Crippen molar-refractivity contribution in [3.05, 3.63) is 35.4 Å². The lowest BCUT2D eigenvalue weighted by atomic mass is 9.91. The first-order valence-corrected chi connectivity index (χ1v) is 5.06. The van der Waals surface area contributed by atoms with Crippen molar-refractivity contribution in [3.63, 3.8) is 0 Å². The van der Waals surface area contributed by atoms with Crippen molar-refractivity contribution in [1.82, 2.24) is 0 Å². The third kappa shape index (κ3) is 2.34. The Morgan fingerprint density at radius 2 is 1.57 bits per heavy atom. The zero-order valence-electron chi connectivity index (χ0n) is 9.07. The van der Waals surface area contributed by atoms with E-state index in [1.54, 1.807) is 6.92 Å². The molecule has 14 heavy (non-hydrogen) atoms. The molecule has 78 valence electrons. The molecule has 2 heteroatoms. The predicted octanol–water partition coefficient (Wildman–Crippen LogP) is 2.19. The van der Waals surface area contributed by atoms with Gasteiger partial charge in [-0.05, 0) is 24.0 Å². The minimum Gasteiger partial charge on any atom is -0.391 e. The molecule has 0 spiro atoms. The Balaban J connectivity index is 3.06. The van der Waals surface area contributed by atoms with Crippen molar-refractivity contribution in [2.75, 3.05) is 0 Å². The van der Waals surface area contributed by atoms with Crippen molar-refractivity contribution in [3.8, 4) is 0 Å². The van der Waals surface area contributed by atoms with Gasteiger partial charge in [0.1, 0.15) is 0 Å². The summed E-state index contributed by atoms with van der Waals surface area (Å²) in [6.45, 7) is 5.99. The van der Waals surface area contributed by atoms with Crippen LogP contribution in [-0.2, 0) is 0 Å². The van der Waals surface area contributed by atoms with E-state index in [-0.39, 0.29) is 6.04 Å². The Morgan fingerprint density at radius 3 is 2.00 bits per heavy atom. The van der Waals surface area contributed by atoms with Crippen LogP contribution in [0.25, 0.3) is 0 Å². The first kappa shape index (κ1) is 11.2. The Hall–Kier alpha value is -0.860. The third-order valence-corrected chi connectivity index (χ3v) is 2.50. The molecule has 0 saturated heterocycles. The van der Waals surface area contributed by atoms with Crippen LogP contribution in [0.2, 0.25) is 0 Å². The van der Waals surface area contributed by atoms with Crippen molar-refractivity contribution in [2.45, 2.75) is 38.8 Å². The van der Waals surface area contributed by atoms with Gasteiger partial charge in [0.25, 0.3) is 0 Å². The molecule has 0 aromatic heterocycles. The van der Waals surface area contributed by atoms with Crippen LogP contribution in [0, 0.1) is 0 Å². The second-order valence-corrected chi connectivity index (χ2v) is 4.05. The lowest BCUT2D eigenvalue weighted by molar-refractivity contribution is 0.164. The van der Waals surface area contributed by atoms with E-state index in [1.807, 2.05) is 18.2 Å². The average Bonchev–Trinajstić information content (AvgIpc) is 2.16. The van der Waals surface area contributed by atoms with Gasteiger partial charge in [0, 0.05) is 0 Å². The first-order chi connectivity index (χ1) is 6.54. The summed E-state index contributed by atoms with van der Waals surface area (Å²) in [5.74, 6) is 0.441. The fourth-order valence-corrected chi connectivity index (χ4v) is 1.60. The minimum absolute atomic E-state index is 0.284. The molecule has 1 aromatic rings. The zero-order valence-corrected chi connectivity index (χ0v) is 9.07. The Morgan fingerprint density at radius 1 is 1.07 bits per heavy atom. The second kappa shape index (κ2) is 4.58. The van der Waals surface area contributed by atoms with E-state index in [0.29, 0.717) is 5.92 Å². The number of benzene rings is 1. The van der Waals surface area contributed by atoms with Gasteiger partial charge in [-0.15, -0.1) is 0 Å². The number of nitrogens with two attached hydrogens (primary N) is 1. The molecule has 0 aliphatic carbocycles. The number of aliphatic hydroxyl groups is 1. The van der Waals surface area contributed by atoms with E-state index in [9.17, 15) is 5.11 Å². The molecular weight excluding hydrogens is 174 g/mol. The molecule has 2 nitrogen and oxygen atoms in total. The molecule has 0 aliphatic heterocycles. The molecule has 1 aromatic carbocycles. The highest BCUT2D eigenvalue weighted by Crippen LogP contribution is 2.25. The number of rotatable bonds is 3. The van der Waals surface area contributed by atoms with Crippen LogP contribution in [0.1, 0.15) is 43.9 Å². The molecular formula is C12H19NO. The van der Waals surface area contributed by atoms with Gasteiger partial charge >= 0.3 is 0 Å². The standard InChI is InChI=1S/C12H19NO/c1-8(2)10-6-4-5-7-11(10)12(13)9(3)14/h4-9,12,14H,13H2,1-3H3/t9-,12+/m0/s1. The van der Waals surface area contributed by atoms with Crippen molar-refractivity contribution in [2.24, 2.45) is 5.73 Å². The van der Waals surface area contributed by atoms with Crippen LogP contribution in [0.15, 0.2) is 24.3 Å². The number of hydrogen-bond donors (Lipinski definition) is 2. The van der Waals surface area contributed by atoms with Crippen LogP contribution in [0.5, 0.6) is 0 Å². The van der Waals surface area contributed by atoms with Gasteiger partial charge in [-0.1, -0.05) is 38.1 Å². The van der Waals surface area contributed by atoms with E-state index >= 15 is 0 Å². The molecule has 0 bridgehead atoms. The van der Waals surface area contributed by atoms with Crippen molar-refractivity contribution >= 4 is 0 Å². The van der Waals surface area contributed by atoms with Crippen LogP contribution in [-0.4, -0.2) is 11.2 Å². The topological polar surface area (TPSA) is 46.2 Å². The summed E-state index contributed by atoms with van der Waals surface area (Å²) >= 11 is 0. The van der Waals surface area contributed by atoms with Gasteiger partial charge in [-0.2, -0.15) is 0 Å². The lowest BCUT2D eigenvalue weighted by Gasteiger charge is -2.20. The van der Waals surface area contributed by atoms with Crippen molar-refractivity contribution in [1.29, 1.82) is 0 Å². The van der Waals surface area contributed by atoms with Gasteiger partial charge < -0.3 is 10.8 Å². The van der Waals surface area contributed by atoms with E-state index in [1.165, 1.54) is 5.56 Å². The summed E-state index contributed by atoms with van der Waals surface area (Å²) in [6.07, 6.45) is -0.505. The molecule has 2 atom stereocenters. The highest BCUT2D eigenvalue weighted by molar-refractivity contribution is 5.32. The highest BCUT2D eigenvalue weighted by atomic mass is 16.3. The summed E-state index contributed by atoms with van der Waals surface area (Å²) in [7, 11) is 0. The lowest BCUT2D eigenvalue weighted by Crippen LogP contribution is -2.24. The Bertz CT molecular complexity index is 294. The van der Waals surface area contributed by atoms with E-state index in [0.717, 1.165) is 5.56 Å². The van der Waals surface area contributed by atoms with E-state index in [2.05, 4.69) is 19.9 Å². The Labute approximate surface area is 85.8 Å². The smallest absolute Gasteiger partial charge is 0.0704 e. The van der Waals surface area contributed by atoms with Crippen molar-refractivity contribution < 1.29 is 5.11 Å². The molecule has 0 saturated carbocycles. The van der Waals surface area contributed by atoms with E-state index < -0.39 is 6.10 Å². The monoisotopic (exact) mass is 193 g/mol. The van der Waals surface area contributed by atoms with Crippen LogP contribution < -0.4 is 5.73 Å². The molecule has 0 fully saturated rings. The van der Waals surface area contributed by atoms with Gasteiger partial charge in [-0.3, -0.25) is 0 Å². The zero-order chi connectivity index (χ0) is 10.7. The van der Waals surface area contributed by atoms with Crippen LogP contribution in [0.3, 0.4) is 0 Å². The Kier molecular flexibility index (Phi) is 3.67. The van der Waals surface area contributed by atoms with E-state index in [4.69, 9.17) is 5.73 Å². The minimum atomic E-state index is -0.505. The molecule has 0 amide bonds. The summed E-state index contributed by atoms with van der Waals surface area (Å²) in [4.78, 5) is 0. The molecule has 0 aliphatic rings. The van der Waals surface area contributed by atoms with Gasteiger partial charge in [-0.25, -0.2) is 0 Å². The van der Waals surface area contributed by atoms with Gasteiger partial charge in [0.05, 0.1) is 12.1 Å². The van der Waals surface area contributed by atoms with Crippen LogP contribution in [0.4, 0.5) is 0 Å². The quantitative estimate of drug-likeness (QED) is 0.773. The summed E-state index contributed by atoms with van der Waals surface area (Å²) < 4.78 is 0. The average molecular weight is 193 g/mol. The normalized spacial score (nSPS) is 15.6.